The van der Waals surface area contributed by atoms with Gasteiger partial charge in [-0.3, -0.25) is 9.36 Å². The number of imidazole rings is 1. The quantitative estimate of drug-likeness (QED) is 0.151. The van der Waals surface area contributed by atoms with Crippen molar-refractivity contribution in [3.8, 4) is 67.0 Å². The average Bonchev–Trinajstić information content (AvgIpc) is 3.75. The number of carbonyl (C=O) groups excluding carboxylic acids is 1. The second kappa shape index (κ2) is 15.2. The van der Waals surface area contributed by atoms with Crippen LogP contribution < -0.4 is 0 Å². The molecule has 3 heteroatoms. The maximum absolute atomic E-state index is 15.7. The summed E-state index contributed by atoms with van der Waals surface area (Å²) in [5.74, 6) is 0.434. The molecule has 11 aromatic rings. The topological polar surface area (TPSA) is 34.9 Å². The number of hydrogen-bond donors (Lipinski definition) is 0. The van der Waals surface area contributed by atoms with Crippen molar-refractivity contribution < 1.29 is 4.79 Å². The Kier molecular flexibility index (Phi) is 8.98. The van der Waals surface area contributed by atoms with Crippen molar-refractivity contribution in [3.05, 3.63) is 236 Å². The molecule has 0 amide bonds. The summed E-state index contributed by atoms with van der Waals surface area (Å²) in [7, 11) is 0. The molecule has 1 aromatic heterocycles. The molecule has 286 valence electrons. The molecule has 0 unspecified atom stereocenters. The van der Waals surface area contributed by atoms with Gasteiger partial charge < -0.3 is 0 Å². The van der Waals surface area contributed by atoms with E-state index < -0.39 is 0 Å². The number of aromatic nitrogens is 2. The van der Waals surface area contributed by atoms with E-state index in [-0.39, 0.29) is 5.91 Å². The molecule has 0 aliphatic carbocycles. The first-order valence-corrected chi connectivity index (χ1v) is 20.7. The van der Waals surface area contributed by atoms with Gasteiger partial charge in [0.05, 0.1) is 11.0 Å². The summed E-state index contributed by atoms with van der Waals surface area (Å²) in [4.78, 5) is 21.5. The highest BCUT2D eigenvalue weighted by atomic mass is 16.2. The minimum Gasteiger partial charge on any atom is -0.268 e. The summed E-state index contributed by atoms with van der Waals surface area (Å²) in [6, 6.07) is 79.9. The van der Waals surface area contributed by atoms with Gasteiger partial charge in [-0.05, 0) is 67.4 Å². The first-order valence-electron chi connectivity index (χ1n) is 20.7. The number of carbonyl (C=O) groups is 1. The molecule has 0 atom stereocenters. The molecule has 0 fully saturated rings. The van der Waals surface area contributed by atoms with Crippen molar-refractivity contribution in [2.75, 3.05) is 0 Å². The third-order valence-electron chi connectivity index (χ3n) is 11.8. The van der Waals surface area contributed by atoms with Crippen LogP contribution in [0, 0.1) is 0 Å². The van der Waals surface area contributed by atoms with Crippen molar-refractivity contribution in [3.63, 3.8) is 0 Å². The number of rotatable bonds is 7. The Morgan fingerprint density at radius 2 is 0.607 bits per heavy atom. The van der Waals surface area contributed by atoms with Gasteiger partial charge in [-0.25, -0.2) is 4.98 Å². The zero-order chi connectivity index (χ0) is 40.7. The Bertz CT molecular complexity index is 3280. The molecule has 0 saturated heterocycles. The van der Waals surface area contributed by atoms with Gasteiger partial charge in [0.25, 0.3) is 5.91 Å². The van der Waals surface area contributed by atoms with E-state index in [9.17, 15) is 0 Å². The molecular weight excluding hydrogens is 741 g/mol. The molecule has 0 radical (unpaired) electrons. The molecular formula is C58H38N2O. The highest BCUT2D eigenvalue weighted by Crippen LogP contribution is 2.56. The fourth-order valence-corrected chi connectivity index (χ4v) is 9.22. The molecule has 0 aliphatic rings. The van der Waals surface area contributed by atoms with Crippen LogP contribution in [0.4, 0.5) is 0 Å². The molecule has 0 aliphatic heterocycles. The lowest BCUT2D eigenvalue weighted by atomic mass is 9.75. The summed E-state index contributed by atoms with van der Waals surface area (Å²) in [5, 5.41) is 4.12. The first-order chi connectivity index (χ1) is 30.3. The second-order valence-electron chi connectivity index (χ2n) is 15.3. The summed E-state index contributed by atoms with van der Waals surface area (Å²) in [6.07, 6.45) is 0. The van der Waals surface area contributed by atoms with Gasteiger partial charge in [0.15, 0.2) is 0 Å². The number of fused-ring (bicyclic) bond motifs is 6. The van der Waals surface area contributed by atoms with Gasteiger partial charge >= 0.3 is 0 Å². The van der Waals surface area contributed by atoms with Gasteiger partial charge in [-0.15, -0.1) is 0 Å². The zero-order valence-corrected chi connectivity index (χ0v) is 33.2. The van der Waals surface area contributed by atoms with Gasteiger partial charge in [0.1, 0.15) is 5.82 Å². The Balaban J connectivity index is 1.47. The van der Waals surface area contributed by atoms with E-state index in [4.69, 9.17) is 4.98 Å². The van der Waals surface area contributed by atoms with Gasteiger partial charge in [-0.1, -0.05) is 218 Å². The maximum atomic E-state index is 15.7. The van der Waals surface area contributed by atoms with E-state index >= 15 is 4.79 Å². The van der Waals surface area contributed by atoms with Crippen LogP contribution in [0.25, 0.3) is 99.6 Å². The van der Waals surface area contributed by atoms with Crippen LogP contribution in [-0.2, 0) is 0 Å². The molecule has 3 nitrogen and oxygen atoms in total. The van der Waals surface area contributed by atoms with Crippen LogP contribution in [0.15, 0.2) is 231 Å². The summed E-state index contributed by atoms with van der Waals surface area (Å²) in [5.41, 5.74) is 13.5. The molecule has 0 saturated carbocycles. The van der Waals surface area contributed by atoms with Crippen molar-refractivity contribution in [2.24, 2.45) is 0 Å². The van der Waals surface area contributed by atoms with Crippen LogP contribution in [0.2, 0.25) is 0 Å². The van der Waals surface area contributed by atoms with E-state index in [1.165, 1.54) is 0 Å². The van der Waals surface area contributed by atoms with Gasteiger partial charge in [0.2, 0.25) is 0 Å². The molecule has 10 aromatic carbocycles. The lowest BCUT2D eigenvalue weighted by Gasteiger charge is -2.28. The Morgan fingerprint density at radius 1 is 0.311 bits per heavy atom. The highest BCUT2D eigenvalue weighted by molar-refractivity contribution is 6.27. The predicted molar refractivity (Wildman–Crippen MR) is 254 cm³/mol. The molecule has 61 heavy (non-hydrogen) atoms. The van der Waals surface area contributed by atoms with E-state index in [1.54, 1.807) is 0 Å². The van der Waals surface area contributed by atoms with E-state index in [1.807, 2.05) is 34.9 Å². The van der Waals surface area contributed by atoms with Crippen LogP contribution >= 0.6 is 0 Å². The minimum atomic E-state index is -0.147. The van der Waals surface area contributed by atoms with Gasteiger partial charge in [0, 0.05) is 33.0 Å². The van der Waals surface area contributed by atoms with E-state index in [0.717, 1.165) is 93.8 Å². The molecule has 11 rings (SSSR count). The standard InChI is InChI=1S/C58H38N2O/c61-58(44-33-17-6-18-34-44)60-56-48-38-22-20-36-46(48)45-35-19-21-37-47(45)55(56)59-57(60)54-52(42-29-13-4-14-30-42)50(40-25-9-2-10-26-40)49(39-23-7-1-8-24-39)51(41-27-11-3-12-28-41)53(54)43-31-15-5-16-32-43/h1-38H. The van der Waals surface area contributed by atoms with Crippen LogP contribution in [-0.4, -0.2) is 15.5 Å². The summed E-state index contributed by atoms with van der Waals surface area (Å²) < 4.78 is 1.92. The molecule has 0 spiro atoms. The third-order valence-corrected chi connectivity index (χ3v) is 11.8. The summed E-state index contributed by atoms with van der Waals surface area (Å²) >= 11 is 0. The third kappa shape index (κ3) is 6.06. The lowest BCUT2D eigenvalue weighted by molar-refractivity contribution is 0.0966. The Morgan fingerprint density at radius 3 is 1.00 bits per heavy atom. The van der Waals surface area contributed by atoms with Crippen LogP contribution in [0.5, 0.6) is 0 Å². The number of hydrogen-bond acceptors (Lipinski definition) is 2. The highest BCUT2D eigenvalue weighted by Gasteiger charge is 2.33. The monoisotopic (exact) mass is 778 g/mol. The largest absolute Gasteiger partial charge is 0.268 e. The van der Waals surface area contributed by atoms with Crippen LogP contribution in [0.3, 0.4) is 0 Å². The zero-order valence-electron chi connectivity index (χ0n) is 33.2. The van der Waals surface area contributed by atoms with Crippen molar-refractivity contribution in [1.29, 1.82) is 0 Å². The van der Waals surface area contributed by atoms with Crippen molar-refractivity contribution >= 4 is 38.5 Å². The van der Waals surface area contributed by atoms with E-state index in [2.05, 4.69) is 200 Å². The number of nitrogens with zero attached hydrogens (tertiary/aromatic N) is 2. The normalized spacial score (nSPS) is 11.3. The predicted octanol–water partition coefficient (Wildman–Crippen LogP) is 15.0. The van der Waals surface area contributed by atoms with E-state index in [0.29, 0.717) is 11.4 Å². The summed E-state index contributed by atoms with van der Waals surface area (Å²) in [6.45, 7) is 0. The maximum Gasteiger partial charge on any atom is 0.264 e. The smallest absolute Gasteiger partial charge is 0.264 e. The fraction of sp³-hybridized carbons (Fsp3) is 0. The SMILES string of the molecule is O=C(c1ccccc1)n1c(-c2c(-c3ccccc3)c(-c3ccccc3)c(-c3ccccc3)c(-c3ccccc3)c2-c2ccccc2)nc2c3ccccc3c3ccccc3c21. The first kappa shape index (κ1) is 36.0. The van der Waals surface area contributed by atoms with Gasteiger partial charge in [-0.2, -0.15) is 0 Å². The van der Waals surface area contributed by atoms with Crippen molar-refractivity contribution in [1.82, 2.24) is 9.55 Å². The van der Waals surface area contributed by atoms with Crippen LogP contribution in [0.1, 0.15) is 10.4 Å². The molecule has 0 N–H and O–H groups in total. The fourth-order valence-electron chi connectivity index (χ4n) is 9.22. The average molecular weight is 779 g/mol. The lowest BCUT2D eigenvalue weighted by Crippen LogP contribution is -2.15. The number of benzene rings is 10. The molecule has 0 bridgehead atoms. The minimum absolute atomic E-state index is 0.147. The van der Waals surface area contributed by atoms with Crippen molar-refractivity contribution in [2.45, 2.75) is 0 Å². The molecule has 1 heterocycles. The Labute approximate surface area is 354 Å². The Hall–Kier alpha value is -8.14. The second-order valence-corrected chi connectivity index (χ2v) is 15.3.